The molecule has 5 heterocycles. The summed E-state index contributed by atoms with van der Waals surface area (Å²) in [5.41, 5.74) is 8.62. The van der Waals surface area contributed by atoms with Crippen molar-refractivity contribution in [2.45, 2.75) is 6.61 Å². The average molecular weight is 484 g/mol. The van der Waals surface area contributed by atoms with E-state index in [2.05, 4.69) is 43.3 Å². The molecule has 0 aliphatic heterocycles. The third kappa shape index (κ3) is 3.92. The first-order chi connectivity index (χ1) is 18.3. The molecule has 7 aromatic rings. The highest BCUT2D eigenvalue weighted by Crippen LogP contribution is 2.34. The molecular formula is C30H21N5O2. The molecule has 0 unspecified atom stereocenters. The van der Waals surface area contributed by atoms with Crippen LogP contribution >= 0.6 is 0 Å². The van der Waals surface area contributed by atoms with E-state index < -0.39 is 0 Å². The number of rotatable bonds is 6. The Hall–Kier alpha value is -5.17. The Morgan fingerprint density at radius 2 is 1.70 bits per heavy atom. The Balaban J connectivity index is 1.24. The number of pyridine rings is 2. The summed E-state index contributed by atoms with van der Waals surface area (Å²) in [6.45, 7) is 0.493. The highest BCUT2D eigenvalue weighted by molar-refractivity contribution is 6.00. The van der Waals surface area contributed by atoms with Crippen LogP contribution < -0.4 is 4.74 Å². The summed E-state index contributed by atoms with van der Waals surface area (Å²) < 4.78 is 11.3. The van der Waals surface area contributed by atoms with Crippen LogP contribution in [0.25, 0.3) is 55.6 Å². The van der Waals surface area contributed by atoms with Crippen molar-refractivity contribution in [3.05, 3.63) is 109 Å². The molecule has 7 rings (SSSR count). The number of ether oxygens (including phenoxy) is 1. The second-order valence-electron chi connectivity index (χ2n) is 8.83. The average Bonchev–Trinajstić information content (AvgIpc) is 3.71. The van der Waals surface area contributed by atoms with Gasteiger partial charge in [0.1, 0.15) is 18.1 Å². The van der Waals surface area contributed by atoms with Crippen molar-refractivity contribution >= 4 is 21.8 Å². The Labute approximate surface area is 211 Å². The Morgan fingerprint density at radius 1 is 0.784 bits per heavy atom. The second-order valence-corrected chi connectivity index (χ2v) is 8.83. The molecule has 0 saturated heterocycles. The fraction of sp³-hybridized carbons (Fsp3) is 0.0333. The van der Waals surface area contributed by atoms with Gasteiger partial charge in [-0.2, -0.15) is 5.10 Å². The van der Waals surface area contributed by atoms with Crippen molar-refractivity contribution in [2.24, 2.45) is 0 Å². The van der Waals surface area contributed by atoms with E-state index in [0.29, 0.717) is 6.61 Å². The van der Waals surface area contributed by atoms with Gasteiger partial charge in [0.05, 0.1) is 35.6 Å². The molecule has 0 aliphatic carbocycles. The van der Waals surface area contributed by atoms with E-state index in [1.807, 2.05) is 60.8 Å². The zero-order valence-electron chi connectivity index (χ0n) is 19.7. The zero-order valence-corrected chi connectivity index (χ0v) is 19.7. The molecule has 0 amide bonds. The maximum atomic E-state index is 6.00. The maximum absolute atomic E-state index is 6.00. The third-order valence-electron chi connectivity index (χ3n) is 6.46. The van der Waals surface area contributed by atoms with Crippen molar-refractivity contribution < 1.29 is 9.15 Å². The molecule has 0 fully saturated rings. The first kappa shape index (κ1) is 21.1. The number of H-pyrrole nitrogens is 2. The molecule has 0 bridgehead atoms. The highest BCUT2D eigenvalue weighted by atomic mass is 16.5. The van der Waals surface area contributed by atoms with Crippen LogP contribution in [0.5, 0.6) is 5.75 Å². The highest BCUT2D eigenvalue weighted by Gasteiger charge is 2.15. The van der Waals surface area contributed by atoms with E-state index in [-0.39, 0.29) is 0 Å². The fourth-order valence-electron chi connectivity index (χ4n) is 4.61. The van der Waals surface area contributed by atoms with Crippen LogP contribution in [0.15, 0.2) is 108 Å². The summed E-state index contributed by atoms with van der Waals surface area (Å²) in [4.78, 5) is 12.5. The summed E-state index contributed by atoms with van der Waals surface area (Å²) in [6, 6.07) is 24.3. The number of nitrogens with zero attached hydrogens (tertiary/aromatic N) is 3. The van der Waals surface area contributed by atoms with Crippen LogP contribution in [0.3, 0.4) is 0 Å². The second kappa shape index (κ2) is 8.80. The van der Waals surface area contributed by atoms with Crippen molar-refractivity contribution in [1.29, 1.82) is 0 Å². The van der Waals surface area contributed by atoms with Crippen molar-refractivity contribution in [3.63, 3.8) is 0 Å². The molecule has 7 nitrogen and oxygen atoms in total. The molecule has 37 heavy (non-hydrogen) atoms. The number of nitrogens with one attached hydrogen (secondary N) is 2. The number of hydrogen-bond donors (Lipinski definition) is 2. The van der Waals surface area contributed by atoms with Crippen LogP contribution in [-0.2, 0) is 6.61 Å². The van der Waals surface area contributed by atoms with Gasteiger partial charge < -0.3 is 14.1 Å². The Bertz CT molecular complexity index is 1840. The van der Waals surface area contributed by atoms with Gasteiger partial charge in [0.25, 0.3) is 0 Å². The van der Waals surface area contributed by atoms with E-state index in [0.717, 1.165) is 66.9 Å². The standard InChI is InChI=1S/C30H21N5O2/c1-2-4-19(5-3-1)17-37-23-12-22(15-31-16-23)20-6-7-27-24(13-20)30(35-34-27)28-14-25-26(33-28)8-10-32-29(25)21-9-11-36-18-21/h1-16,18,33H,17H2,(H,34,35). The van der Waals surface area contributed by atoms with Gasteiger partial charge in [-0.15, -0.1) is 0 Å². The number of aromatic amines is 2. The minimum atomic E-state index is 0.493. The lowest BCUT2D eigenvalue weighted by molar-refractivity contribution is 0.305. The molecule has 7 heteroatoms. The zero-order chi connectivity index (χ0) is 24.6. The predicted molar refractivity (Wildman–Crippen MR) is 143 cm³/mol. The van der Waals surface area contributed by atoms with Gasteiger partial charge in [-0.3, -0.25) is 15.1 Å². The molecule has 0 atom stereocenters. The van der Waals surface area contributed by atoms with Crippen LogP contribution in [0, 0.1) is 0 Å². The van der Waals surface area contributed by atoms with Gasteiger partial charge in [-0.05, 0) is 47.5 Å². The summed E-state index contributed by atoms with van der Waals surface area (Å²) in [7, 11) is 0. The number of benzene rings is 2. The first-order valence-corrected chi connectivity index (χ1v) is 11.9. The van der Waals surface area contributed by atoms with Crippen molar-refractivity contribution in [2.75, 3.05) is 0 Å². The van der Waals surface area contributed by atoms with E-state index in [9.17, 15) is 0 Å². The van der Waals surface area contributed by atoms with Crippen LogP contribution in [0.2, 0.25) is 0 Å². The van der Waals surface area contributed by atoms with Gasteiger partial charge in [-0.25, -0.2) is 0 Å². The van der Waals surface area contributed by atoms with Crippen LogP contribution in [0.1, 0.15) is 5.56 Å². The minimum Gasteiger partial charge on any atom is -0.487 e. The van der Waals surface area contributed by atoms with E-state index in [1.54, 1.807) is 24.9 Å². The number of hydrogen-bond acceptors (Lipinski definition) is 5. The number of furan rings is 1. The Kier molecular flexibility index (Phi) is 5.03. The molecule has 178 valence electrons. The lowest BCUT2D eigenvalue weighted by Gasteiger charge is -2.08. The van der Waals surface area contributed by atoms with Gasteiger partial charge in [0.2, 0.25) is 0 Å². The molecule has 2 aromatic carbocycles. The van der Waals surface area contributed by atoms with Gasteiger partial charge in [0.15, 0.2) is 0 Å². The molecule has 0 aliphatic rings. The van der Waals surface area contributed by atoms with Crippen molar-refractivity contribution in [3.8, 4) is 39.5 Å². The summed E-state index contributed by atoms with van der Waals surface area (Å²) in [5.74, 6) is 0.726. The lowest BCUT2D eigenvalue weighted by atomic mass is 10.0. The van der Waals surface area contributed by atoms with Gasteiger partial charge in [-0.1, -0.05) is 36.4 Å². The molecule has 0 saturated carbocycles. The minimum absolute atomic E-state index is 0.493. The smallest absolute Gasteiger partial charge is 0.138 e. The largest absolute Gasteiger partial charge is 0.487 e. The third-order valence-corrected chi connectivity index (χ3v) is 6.46. The summed E-state index contributed by atoms with van der Waals surface area (Å²) in [6.07, 6.45) is 8.75. The number of aromatic nitrogens is 5. The van der Waals surface area contributed by atoms with E-state index in [1.165, 1.54) is 0 Å². The Morgan fingerprint density at radius 3 is 2.59 bits per heavy atom. The van der Waals surface area contributed by atoms with Gasteiger partial charge in [0, 0.05) is 39.8 Å². The monoisotopic (exact) mass is 483 g/mol. The topological polar surface area (TPSA) is 92.6 Å². The van der Waals surface area contributed by atoms with Gasteiger partial charge >= 0.3 is 0 Å². The molecule has 0 radical (unpaired) electrons. The molecule has 5 aromatic heterocycles. The summed E-state index contributed by atoms with van der Waals surface area (Å²) >= 11 is 0. The molecule has 2 N–H and O–H groups in total. The van der Waals surface area contributed by atoms with E-state index in [4.69, 9.17) is 9.15 Å². The van der Waals surface area contributed by atoms with Crippen molar-refractivity contribution in [1.82, 2.24) is 25.1 Å². The SMILES string of the molecule is c1ccc(COc2cncc(-c3ccc4[nH]nc(-c5cc6c(-c7ccoc7)nccc6[nH]5)c4c3)c2)cc1. The lowest BCUT2D eigenvalue weighted by Crippen LogP contribution is -1.95. The first-order valence-electron chi connectivity index (χ1n) is 11.9. The maximum Gasteiger partial charge on any atom is 0.138 e. The molecular weight excluding hydrogens is 462 g/mol. The molecule has 0 spiro atoms. The normalized spacial score (nSPS) is 11.4. The quantitative estimate of drug-likeness (QED) is 0.265. The number of fused-ring (bicyclic) bond motifs is 2. The fourth-order valence-corrected chi connectivity index (χ4v) is 4.61. The predicted octanol–water partition coefficient (Wildman–Crippen LogP) is 7.01. The van der Waals surface area contributed by atoms with Crippen LogP contribution in [0.4, 0.5) is 0 Å². The van der Waals surface area contributed by atoms with E-state index >= 15 is 0 Å². The van der Waals surface area contributed by atoms with Crippen LogP contribution in [-0.4, -0.2) is 25.1 Å². The summed E-state index contributed by atoms with van der Waals surface area (Å²) in [5, 5.41) is 9.82.